The third-order valence-corrected chi connectivity index (χ3v) is 9.02. The normalized spacial score (nSPS) is 22.8. The standard InChI is InChI=1S/C30H38N8O/c1-4-28(39)38-16-15-35(18-23(38)11-13-31)29-25-10-9-22(37-14-12-21-7-5-6-8-27(21)37)17-26(25)32-30(33-29)36-19-24(20-36)34(2)3/h4-8,22-24H,1,9-12,14-20H2,2-3H3/t22-,23+/m1/s1. The molecule has 1 aromatic carbocycles. The number of hydrogen-bond acceptors (Lipinski definition) is 8. The molecule has 3 aliphatic heterocycles. The number of nitrogens with zero attached hydrogens (tertiary/aromatic N) is 8. The van der Waals surface area contributed by atoms with Gasteiger partial charge in [-0.3, -0.25) is 4.79 Å². The van der Waals surface area contributed by atoms with E-state index in [-0.39, 0.29) is 11.9 Å². The molecule has 2 saturated heterocycles. The fourth-order valence-electron chi connectivity index (χ4n) is 6.66. The molecule has 6 rings (SSSR count). The Morgan fingerprint density at radius 3 is 2.72 bits per heavy atom. The molecule has 0 N–H and O–H groups in total. The van der Waals surface area contributed by atoms with Crippen molar-refractivity contribution in [2.24, 2.45) is 0 Å². The van der Waals surface area contributed by atoms with Crippen LogP contribution in [0.3, 0.4) is 0 Å². The van der Waals surface area contributed by atoms with Gasteiger partial charge in [0.15, 0.2) is 0 Å². The molecular formula is C30H38N8O. The highest BCUT2D eigenvalue weighted by molar-refractivity contribution is 5.87. The molecule has 4 heterocycles. The molecule has 2 fully saturated rings. The lowest BCUT2D eigenvalue weighted by Gasteiger charge is -2.45. The molecule has 1 aromatic heterocycles. The SMILES string of the molecule is C=CC(=O)N1CCN(c2nc(N3CC(N(C)C)C3)nc3c2CC[C@@H](N2CCc4ccccc42)C3)C[C@@H]1CC#N. The van der Waals surface area contributed by atoms with Crippen molar-refractivity contribution < 1.29 is 4.79 Å². The Kier molecular flexibility index (Phi) is 6.90. The molecule has 0 saturated carbocycles. The zero-order valence-corrected chi connectivity index (χ0v) is 23.1. The van der Waals surface area contributed by atoms with E-state index in [0.717, 1.165) is 62.8 Å². The minimum Gasteiger partial charge on any atom is -0.368 e. The number of aromatic nitrogens is 2. The summed E-state index contributed by atoms with van der Waals surface area (Å²) >= 11 is 0. The van der Waals surface area contributed by atoms with Crippen molar-refractivity contribution in [1.82, 2.24) is 19.8 Å². The Labute approximate surface area is 231 Å². The van der Waals surface area contributed by atoms with Gasteiger partial charge in [0.2, 0.25) is 11.9 Å². The zero-order valence-electron chi connectivity index (χ0n) is 23.1. The average Bonchev–Trinajstić information content (AvgIpc) is 3.35. The quantitative estimate of drug-likeness (QED) is 0.531. The number of hydrogen-bond donors (Lipinski definition) is 0. The molecule has 9 heteroatoms. The van der Waals surface area contributed by atoms with E-state index in [1.165, 1.54) is 22.9 Å². The molecule has 0 spiro atoms. The van der Waals surface area contributed by atoms with Crippen LogP contribution >= 0.6 is 0 Å². The number of rotatable bonds is 6. The van der Waals surface area contributed by atoms with Crippen LogP contribution in [0.2, 0.25) is 0 Å². The van der Waals surface area contributed by atoms with E-state index >= 15 is 0 Å². The molecule has 2 atom stereocenters. The second-order valence-corrected chi connectivity index (χ2v) is 11.5. The smallest absolute Gasteiger partial charge is 0.246 e. The number of carbonyl (C=O) groups is 1. The summed E-state index contributed by atoms with van der Waals surface area (Å²) in [5, 5.41) is 9.50. The summed E-state index contributed by atoms with van der Waals surface area (Å²) in [6, 6.07) is 11.8. The number of benzene rings is 1. The highest BCUT2D eigenvalue weighted by Gasteiger charge is 2.37. The number of para-hydroxylation sites is 1. The minimum atomic E-state index is -0.178. The van der Waals surface area contributed by atoms with Crippen LogP contribution in [0.25, 0.3) is 0 Å². The number of amides is 1. The molecule has 204 valence electrons. The third kappa shape index (κ3) is 4.71. The maximum absolute atomic E-state index is 12.5. The van der Waals surface area contributed by atoms with Gasteiger partial charge in [-0.1, -0.05) is 24.8 Å². The number of anilines is 3. The van der Waals surface area contributed by atoms with E-state index in [2.05, 4.69) is 70.6 Å². The van der Waals surface area contributed by atoms with Crippen LogP contribution in [0.15, 0.2) is 36.9 Å². The molecule has 0 unspecified atom stereocenters. The van der Waals surface area contributed by atoms with E-state index in [4.69, 9.17) is 9.97 Å². The van der Waals surface area contributed by atoms with E-state index in [1.807, 2.05) is 0 Å². The van der Waals surface area contributed by atoms with Gasteiger partial charge in [0.1, 0.15) is 5.82 Å². The molecule has 4 aliphatic rings. The molecule has 1 aliphatic carbocycles. The lowest BCUT2D eigenvalue weighted by Crippen LogP contribution is -2.58. The lowest BCUT2D eigenvalue weighted by molar-refractivity contribution is -0.128. The lowest BCUT2D eigenvalue weighted by atomic mass is 9.90. The summed E-state index contributed by atoms with van der Waals surface area (Å²) in [5.74, 6) is 1.70. The molecule has 0 radical (unpaired) electrons. The van der Waals surface area contributed by atoms with Crippen molar-refractivity contribution >= 4 is 23.4 Å². The highest BCUT2D eigenvalue weighted by atomic mass is 16.2. The van der Waals surface area contributed by atoms with Crippen molar-refractivity contribution in [3.63, 3.8) is 0 Å². The molecule has 39 heavy (non-hydrogen) atoms. The van der Waals surface area contributed by atoms with Gasteiger partial charge in [-0.2, -0.15) is 10.2 Å². The van der Waals surface area contributed by atoms with Crippen LogP contribution in [-0.2, 0) is 24.1 Å². The summed E-state index contributed by atoms with van der Waals surface area (Å²) in [6.07, 6.45) is 5.67. The Balaban J connectivity index is 1.31. The Morgan fingerprint density at radius 2 is 1.95 bits per heavy atom. The van der Waals surface area contributed by atoms with Crippen LogP contribution in [0.1, 0.15) is 29.7 Å². The van der Waals surface area contributed by atoms with Crippen LogP contribution in [0.4, 0.5) is 17.5 Å². The number of likely N-dealkylation sites (N-methyl/N-ethyl adjacent to an activating group) is 1. The first-order valence-electron chi connectivity index (χ1n) is 14.2. The predicted molar refractivity (Wildman–Crippen MR) is 153 cm³/mol. The molecule has 9 nitrogen and oxygen atoms in total. The fraction of sp³-hybridized carbons (Fsp3) is 0.533. The Morgan fingerprint density at radius 1 is 1.13 bits per heavy atom. The van der Waals surface area contributed by atoms with Crippen LogP contribution < -0.4 is 14.7 Å². The van der Waals surface area contributed by atoms with Crippen molar-refractivity contribution in [2.75, 3.05) is 68.1 Å². The zero-order chi connectivity index (χ0) is 27.1. The number of piperazine rings is 1. The second kappa shape index (κ2) is 10.5. The van der Waals surface area contributed by atoms with E-state index in [1.54, 1.807) is 4.90 Å². The highest BCUT2D eigenvalue weighted by Crippen LogP contribution is 2.37. The maximum Gasteiger partial charge on any atom is 0.246 e. The summed E-state index contributed by atoms with van der Waals surface area (Å²) in [7, 11) is 4.25. The Bertz CT molecular complexity index is 1300. The van der Waals surface area contributed by atoms with Gasteiger partial charge in [-0.15, -0.1) is 0 Å². The minimum absolute atomic E-state index is 0.107. The van der Waals surface area contributed by atoms with Crippen molar-refractivity contribution in [3.05, 3.63) is 53.7 Å². The molecule has 1 amide bonds. The van der Waals surface area contributed by atoms with Gasteiger partial charge in [0.25, 0.3) is 0 Å². The average molecular weight is 527 g/mol. The fourth-order valence-corrected chi connectivity index (χ4v) is 6.66. The second-order valence-electron chi connectivity index (χ2n) is 11.5. The van der Waals surface area contributed by atoms with Crippen LogP contribution in [-0.4, -0.2) is 97.2 Å². The van der Waals surface area contributed by atoms with Crippen molar-refractivity contribution in [1.29, 1.82) is 5.26 Å². The van der Waals surface area contributed by atoms with Gasteiger partial charge in [-0.25, -0.2) is 4.98 Å². The summed E-state index contributed by atoms with van der Waals surface area (Å²) in [6.45, 7) is 8.42. The van der Waals surface area contributed by atoms with Gasteiger partial charge in [-0.05, 0) is 51.1 Å². The summed E-state index contributed by atoms with van der Waals surface area (Å²) < 4.78 is 0. The first-order valence-corrected chi connectivity index (χ1v) is 14.2. The predicted octanol–water partition coefficient (Wildman–Crippen LogP) is 2.26. The number of nitriles is 1. The molecule has 2 aromatic rings. The van der Waals surface area contributed by atoms with Gasteiger partial charge in [0, 0.05) is 69.0 Å². The Hall–Kier alpha value is -3.64. The van der Waals surface area contributed by atoms with Gasteiger partial charge in [0.05, 0.1) is 24.2 Å². The van der Waals surface area contributed by atoms with E-state index in [9.17, 15) is 10.1 Å². The first kappa shape index (κ1) is 25.6. The largest absolute Gasteiger partial charge is 0.368 e. The molecule has 0 bridgehead atoms. The van der Waals surface area contributed by atoms with Crippen molar-refractivity contribution in [3.8, 4) is 6.07 Å². The van der Waals surface area contributed by atoms with E-state index < -0.39 is 0 Å². The first-order chi connectivity index (χ1) is 19.0. The maximum atomic E-state index is 12.5. The van der Waals surface area contributed by atoms with Crippen LogP contribution in [0, 0.1) is 11.3 Å². The number of carbonyl (C=O) groups excluding carboxylic acids is 1. The van der Waals surface area contributed by atoms with Crippen LogP contribution in [0.5, 0.6) is 0 Å². The summed E-state index contributed by atoms with van der Waals surface area (Å²) in [4.78, 5) is 34.1. The monoisotopic (exact) mass is 526 g/mol. The topological polar surface area (TPSA) is 82.8 Å². The van der Waals surface area contributed by atoms with Gasteiger partial charge >= 0.3 is 0 Å². The van der Waals surface area contributed by atoms with E-state index in [0.29, 0.717) is 38.1 Å². The third-order valence-electron chi connectivity index (χ3n) is 9.02. The molecular weight excluding hydrogens is 488 g/mol. The van der Waals surface area contributed by atoms with Crippen molar-refractivity contribution in [2.45, 2.75) is 50.2 Å². The summed E-state index contributed by atoms with van der Waals surface area (Å²) in [5.41, 5.74) is 5.22. The number of fused-ring (bicyclic) bond motifs is 2. The van der Waals surface area contributed by atoms with Gasteiger partial charge < -0.3 is 24.5 Å².